The summed E-state index contributed by atoms with van der Waals surface area (Å²) in [4.78, 5) is 12.7. The molecule has 76 valence electrons. The van der Waals surface area contributed by atoms with Crippen molar-refractivity contribution in [3.63, 3.8) is 0 Å². The van der Waals surface area contributed by atoms with Crippen LogP contribution in [0.2, 0.25) is 0 Å². The fourth-order valence-corrected chi connectivity index (χ4v) is 0.735. The highest BCUT2D eigenvalue weighted by atomic mass is 16.5. The van der Waals surface area contributed by atoms with Crippen molar-refractivity contribution >= 4 is 5.97 Å². The van der Waals surface area contributed by atoms with Gasteiger partial charge in [0.05, 0.1) is 13.7 Å². The maximum atomic E-state index is 10.7. The smallest absolute Gasteiger partial charge is 0.330 e. The van der Waals surface area contributed by atoms with Gasteiger partial charge in [0.1, 0.15) is 0 Å². The van der Waals surface area contributed by atoms with E-state index in [1.54, 1.807) is 13.2 Å². The van der Waals surface area contributed by atoms with Crippen LogP contribution in [-0.4, -0.2) is 51.8 Å². The molecule has 0 amide bonds. The Morgan fingerprint density at radius 3 is 2.69 bits per heavy atom. The van der Waals surface area contributed by atoms with E-state index in [0.717, 1.165) is 13.1 Å². The Labute approximate surface area is 79.1 Å². The van der Waals surface area contributed by atoms with Crippen LogP contribution in [-0.2, 0) is 14.3 Å². The number of rotatable bonds is 6. The average molecular weight is 187 g/mol. The zero-order valence-electron chi connectivity index (χ0n) is 8.45. The standard InChI is InChI=1S/C9H17NO3/c1-10(7-8-12-2)6-4-5-9(11)13-3/h4-5H,6-8H2,1-3H3/b5-4+. The monoisotopic (exact) mass is 187 g/mol. The second kappa shape index (κ2) is 7.76. The maximum absolute atomic E-state index is 10.7. The van der Waals surface area contributed by atoms with Crippen molar-refractivity contribution in [2.75, 3.05) is 41.0 Å². The molecule has 0 aromatic rings. The zero-order chi connectivity index (χ0) is 10.1. The molecule has 0 heterocycles. The predicted octanol–water partition coefficient (Wildman–Crippen LogP) is 0.294. The zero-order valence-corrected chi connectivity index (χ0v) is 8.45. The third kappa shape index (κ3) is 7.49. The van der Waals surface area contributed by atoms with Gasteiger partial charge >= 0.3 is 5.97 Å². The fraction of sp³-hybridized carbons (Fsp3) is 0.667. The molecule has 0 unspecified atom stereocenters. The first-order chi connectivity index (χ1) is 6.20. The SMILES string of the molecule is COCCN(C)C/C=C/C(=O)OC. The van der Waals surface area contributed by atoms with E-state index in [9.17, 15) is 4.79 Å². The molecule has 0 fully saturated rings. The summed E-state index contributed by atoms with van der Waals surface area (Å²) in [5, 5.41) is 0. The topological polar surface area (TPSA) is 38.8 Å². The van der Waals surface area contributed by atoms with E-state index in [4.69, 9.17) is 4.74 Å². The third-order valence-electron chi connectivity index (χ3n) is 1.55. The van der Waals surface area contributed by atoms with Gasteiger partial charge < -0.3 is 14.4 Å². The van der Waals surface area contributed by atoms with Gasteiger partial charge in [-0.05, 0) is 7.05 Å². The minimum absolute atomic E-state index is 0.319. The summed E-state index contributed by atoms with van der Waals surface area (Å²) in [5.74, 6) is -0.319. The normalized spacial score (nSPS) is 11.1. The van der Waals surface area contributed by atoms with Crippen molar-refractivity contribution in [1.29, 1.82) is 0 Å². The quantitative estimate of drug-likeness (QED) is 0.442. The minimum atomic E-state index is -0.319. The number of likely N-dealkylation sites (N-methyl/N-ethyl adjacent to an activating group) is 1. The van der Waals surface area contributed by atoms with E-state index in [0.29, 0.717) is 6.61 Å². The van der Waals surface area contributed by atoms with Crippen LogP contribution < -0.4 is 0 Å². The maximum Gasteiger partial charge on any atom is 0.330 e. The highest BCUT2D eigenvalue weighted by molar-refractivity contribution is 5.81. The molecular formula is C9H17NO3. The van der Waals surface area contributed by atoms with Crippen LogP contribution in [0.25, 0.3) is 0 Å². The first-order valence-electron chi connectivity index (χ1n) is 4.12. The van der Waals surface area contributed by atoms with Crippen molar-refractivity contribution in [3.05, 3.63) is 12.2 Å². The summed E-state index contributed by atoms with van der Waals surface area (Å²) in [6.07, 6.45) is 3.19. The Kier molecular flexibility index (Phi) is 7.24. The number of methoxy groups -OCH3 is 2. The number of hydrogen-bond donors (Lipinski definition) is 0. The Morgan fingerprint density at radius 2 is 2.15 bits per heavy atom. The molecule has 0 rings (SSSR count). The Balaban J connectivity index is 3.50. The van der Waals surface area contributed by atoms with Crippen molar-refractivity contribution in [2.24, 2.45) is 0 Å². The third-order valence-corrected chi connectivity index (χ3v) is 1.55. The summed E-state index contributed by atoms with van der Waals surface area (Å²) in [6.45, 7) is 2.27. The molecule has 0 aliphatic rings. The fourth-order valence-electron chi connectivity index (χ4n) is 0.735. The van der Waals surface area contributed by atoms with Crippen molar-refractivity contribution in [1.82, 2.24) is 4.90 Å². The molecule has 0 aromatic heterocycles. The molecule has 0 bridgehead atoms. The molecule has 0 aliphatic heterocycles. The number of carbonyl (C=O) groups is 1. The van der Waals surface area contributed by atoms with Crippen LogP contribution in [0.1, 0.15) is 0 Å². The van der Waals surface area contributed by atoms with Crippen LogP contribution in [0.15, 0.2) is 12.2 Å². The summed E-state index contributed by atoms with van der Waals surface area (Å²) < 4.78 is 9.35. The molecule has 0 N–H and O–H groups in total. The van der Waals surface area contributed by atoms with Gasteiger partial charge in [0.25, 0.3) is 0 Å². The Hall–Kier alpha value is -0.870. The minimum Gasteiger partial charge on any atom is -0.466 e. The molecule has 0 saturated carbocycles. The van der Waals surface area contributed by atoms with Crippen LogP contribution >= 0.6 is 0 Å². The number of esters is 1. The van der Waals surface area contributed by atoms with E-state index in [2.05, 4.69) is 4.74 Å². The lowest BCUT2D eigenvalue weighted by Crippen LogP contribution is -2.22. The lowest BCUT2D eigenvalue weighted by atomic mass is 10.4. The second-order valence-corrected chi connectivity index (χ2v) is 2.68. The van der Waals surface area contributed by atoms with Gasteiger partial charge in [0, 0.05) is 26.3 Å². The first-order valence-corrected chi connectivity index (χ1v) is 4.12. The summed E-state index contributed by atoms with van der Waals surface area (Å²) >= 11 is 0. The van der Waals surface area contributed by atoms with Gasteiger partial charge in [-0.2, -0.15) is 0 Å². The van der Waals surface area contributed by atoms with Crippen LogP contribution in [0.3, 0.4) is 0 Å². The molecule has 4 nitrogen and oxygen atoms in total. The average Bonchev–Trinajstić information content (AvgIpc) is 2.14. The number of carbonyl (C=O) groups excluding carboxylic acids is 1. The van der Waals surface area contributed by atoms with Gasteiger partial charge in [-0.25, -0.2) is 4.79 Å². The number of ether oxygens (including phenoxy) is 2. The van der Waals surface area contributed by atoms with E-state index < -0.39 is 0 Å². The lowest BCUT2D eigenvalue weighted by Gasteiger charge is -2.12. The highest BCUT2D eigenvalue weighted by Crippen LogP contribution is 1.85. The lowest BCUT2D eigenvalue weighted by molar-refractivity contribution is -0.134. The van der Waals surface area contributed by atoms with Crippen LogP contribution in [0.4, 0.5) is 0 Å². The van der Waals surface area contributed by atoms with Gasteiger partial charge in [-0.3, -0.25) is 0 Å². The molecule has 0 saturated heterocycles. The molecule has 0 spiro atoms. The van der Waals surface area contributed by atoms with Gasteiger partial charge in [-0.15, -0.1) is 0 Å². The largest absolute Gasteiger partial charge is 0.466 e. The summed E-state index contributed by atoms with van der Waals surface area (Å²) in [5.41, 5.74) is 0. The molecule has 4 heteroatoms. The Bertz CT molecular complexity index is 168. The molecule has 13 heavy (non-hydrogen) atoms. The predicted molar refractivity (Wildman–Crippen MR) is 50.5 cm³/mol. The van der Waals surface area contributed by atoms with E-state index in [-0.39, 0.29) is 5.97 Å². The van der Waals surface area contributed by atoms with Crippen LogP contribution in [0.5, 0.6) is 0 Å². The molecule has 0 aliphatic carbocycles. The molecule has 0 atom stereocenters. The number of nitrogens with zero attached hydrogens (tertiary/aromatic N) is 1. The molecule has 0 aromatic carbocycles. The van der Waals surface area contributed by atoms with Gasteiger partial charge in [0.15, 0.2) is 0 Å². The van der Waals surface area contributed by atoms with Crippen molar-refractivity contribution in [2.45, 2.75) is 0 Å². The number of hydrogen-bond acceptors (Lipinski definition) is 4. The van der Waals surface area contributed by atoms with Gasteiger partial charge in [-0.1, -0.05) is 6.08 Å². The molecule has 0 radical (unpaired) electrons. The van der Waals surface area contributed by atoms with Crippen molar-refractivity contribution in [3.8, 4) is 0 Å². The van der Waals surface area contributed by atoms with E-state index >= 15 is 0 Å². The van der Waals surface area contributed by atoms with E-state index in [1.165, 1.54) is 13.2 Å². The van der Waals surface area contributed by atoms with E-state index in [1.807, 2.05) is 11.9 Å². The van der Waals surface area contributed by atoms with Gasteiger partial charge in [0.2, 0.25) is 0 Å². The summed E-state index contributed by atoms with van der Waals surface area (Å²) in [7, 11) is 4.99. The second-order valence-electron chi connectivity index (χ2n) is 2.68. The molecular weight excluding hydrogens is 170 g/mol. The first kappa shape index (κ1) is 12.1. The highest BCUT2D eigenvalue weighted by Gasteiger charge is 1.95. The Morgan fingerprint density at radius 1 is 1.46 bits per heavy atom. The van der Waals surface area contributed by atoms with Crippen LogP contribution in [0, 0.1) is 0 Å². The summed E-state index contributed by atoms with van der Waals surface area (Å²) in [6, 6.07) is 0. The van der Waals surface area contributed by atoms with Crippen molar-refractivity contribution < 1.29 is 14.3 Å².